The molecule has 0 unspecified atom stereocenters. The number of nitrogens with one attached hydrogen (secondary N) is 1. The number of esters is 2. The number of carbonyl (C=O) groups is 2. The average molecular weight is 696 g/mol. The third kappa shape index (κ3) is 8.22. The van der Waals surface area contributed by atoms with Crippen molar-refractivity contribution in [3.05, 3.63) is 70.3 Å². The molecule has 12 nitrogen and oxygen atoms in total. The third-order valence-electron chi connectivity index (χ3n) is 9.72. The fourth-order valence-electron chi connectivity index (χ4n) is 7.14. The number of allylic oxidation sites excluding steroid dienone is 1. The molecule has 2 fully saturated rings. The number of morpholine rings is 1. The number of β-amino-alcohol motifs (C(OH)–C–C–N with tert-alkyl or cyclic N) is 1. The molecule has 272 valence electrons. The summed E-state index contributed by atoms with van der Waals surface area (Å²) in [6, 6.07) is 10.6. The van der Waals surface area contributed by atoms with Crippen LogP contribution in [0.2, 0.25) is 0 Å². The maximum atomic E-state index is 14.4. The van der Waals surface area contributed by atoms with E-state index in [4.69, 9.17) is 18.9 Å². The molecule has 0 spiro atoms. The van der Waals surface area contributed by atoms with Crippen LogP contribution in [0.1, 0.15) is 68.2 Å². The van der Waals surface area contributed by atoms with Gasteiger partial charge in [0.2, 0.25) is 5.79 Å². The molecule has 5 rings (SSSR count). The van der Waals surface area contributed by atoms with Crippen molar-refractivity contribution < 1.29 is 54.1 Å². The maximum absolute atomic E-state index is 14.4. The lowest BCUT2D eigenvalue weighted by Crippen LogP contribution is -2.73. The second-order valence-electron chi connectivity index (χ2n) is 13.8. The molecular formula is C38H49NO11. The highest BCUT2D eigenvalue weighted by Gasteiger charge is 2.59. The zero-order valence-electron chi connectivity index (χ0n) is 29.0. The topological polar surface area (TPSA) is 184 Å². The lowest BCUT2D eigenvalue weighted by atomic mass is 9.72. The summed E-state index contributed by atoms with van der Waals surface area (Å²) in [4.78, 5) is 26.5. The second-order valence-corrected chi connectivity index (χ2v) is 13.8. The van der Waals surface area contributed by atoms with Crippen LogP contribution < -0.4 is 10.1 Å². The predicted octanol–water partition coefficient (Wildman–Crippen LogP) is 2.83. The number of phenols is 1. The van der Waals surface area contributed by atoms with Gasteiger partial charge in [-0.3, -0.25) is 4.79 Å². The van der Waals surface area contributed by atoms with Crippen molar-refractivity contribution >= 4 is 23.6 Å². The van der Waals surface area contributed by atoms with E-state index in [1.807, 2.05) is 18.2 Å². The second kappa shape index (κ2) is 16.1. The zero-order valence-corrected chi connectivity index (χ0v) is 29.0. The molecule has 2 aliphatic heterocycles. The van der Waals surface area contributed by atoms with Gasteiger partial charge in [0.05, 0.1) is 13.7 Å². The van der Waals surface area contributed by atoms with Gasteiger partial charge in [0, 0.05) is 38.2 Å². The first-order valence-electron chi connectivity index (χ1n) is 17.2. The standard InChI is InChI=1S/C38H49NO11/c1-21(2)5-8-25-16-27(19-41)29(30-14-23(11-12-40)6-9-28(25)30)17-26(13-24-7-10-31(43)32(15-24)47-4)37(45)49-36-35(48-22(3)42)34(44)33-18-39-20-38(36,46)50-33/h6-7,9-10,13-16,21,27,29,33-36,39-41,43-44,46H,5,8,11-12,17-20H2,1-4H3/t27-,29-,33+,34-,35+,36-,38+/m0/s1. The quantitative estimate of drug-likeness (QED) is 0.133. The Morgan fingerprint density at radius 2 is 1.90 bits per heavy atom. The van der Waals surface area contributed by atoms with Crippen LogP contribution in [0.25, 0.3) is 11.6 Å². The number of carbonyl (C=O) groups excluding carboxylic acids is 2. The normalized spacial score (nSPS) is 27.7. The number of hydrogen-bond donors (Lipinski definition) is 6. The number of hydrogen-bond acceptors (Lipinski definition) is 12. The van der Waals surface area contributed by atoms with Crippen molar-refractivity contribution in [3.8, 4) is 11.5 Å². The highest BCUT2D eigenvalue weighted by Crippen LogP contribution is 2.45. The molecule has 0 radical (unpaired) electrons. The summed E-state index contributed by atoms with van der Waals surface area (Å²) < 4.78 is 22.5. The molecule has 50 heavy (non-hydrogen) atoms. The molecule has 0 aromatic heterocycles. The summed E-state index contributed by atoms with van der Waals surface area (Å²) in [7, 11) is 1.41. The van der Waals surface area contributed by atoms with Crippen LogP contribution in [0.3, 0.4) is 0 Å². The smallest absolute Gasteiger partial charge is 0.334 e. The van der Waals surface area contributed by atoms with Crippen LogP contribution in [-0.4, -0.2) is 101 Å². The van der Waals surface area contributed by atoms with E-state index in [0.29, 0.717) is 17.9 Å². The SMILES string of the molecule is COc1cc(C=C(C[C@@H]2c3cc(CCO)ccc3C(CCC(C)C)=C[C@H]2CO)C(=O)O[C@H]2[C@H](OC(C)=O)[C@@H](O)[C@H]3CNC[C@@]2(O)O3)ccc1O. The fourth-order valence-corrected chi connectivity index (χ4v) is 7.14. The number of aliphatic hydroxyl groups is 4. The van der Waals surface area contributed by atoms with Crippen LogP contribution >= 0.6 is 0 Å². The molecule has 3 aliphatic rings. The highest BCUT2D eigenvalue weighted by atomic mass is 16.7. The van der Waals surface area contributed by atoms with Crippen molar-refractivity contribution in [2.24, 2.45) is 11.8 Å². The van der Waals surface area contributed by atoms with Gasteiger partial charge in [-0.15, -0.1) is 0 Å². The number of methoxy groups -OCH3 is 1. The first-order chi connectivity index (χ1) is 23.9. The molecule has 2 saturated heterocycles. The van der Waals surface area contributed by atoms with Gasteiger partial charge in [-0.2, -0.15) is 0 Å². The van der Waals surface area contributed by atoms with Gasteiger partial charge in [0.1, 0.15) is 12.2 Å². The van der Waals surface area contributed by atoms with E-state index in [1.165, 1.54) is 13.2 Å². The number of rotatable bonds is 13. The third-order valence-corrected chi connectivity index (χ3v) is 9.72. The Morgan fingerprint density at radius 3 is 2.58 bits per heavy atom. The van der Waals surface area contributed by atoms with Crippen molar-refractivity contribution in [1.29, 1.82) is 0 Å². The maximum Gasteiger partial charge on any atom is 0.334 e. The first-order valence-corrected chi connectivity index (χ1v) is 17.2. The van der Waals surface area contributed by atoms with Crippen molar-refractivity contribution in [3.63, 3.8) is 0 Å². The Bertz CT molecular complexity index is 1600. The summed E-state index contributed by atoms with van der Waals surface area (Å²) in [6.45, 7) is 5.27. The van der Waals surface area contributed by atoms with Crippen molar-refractivity contribution in [2.75, 3.05) is 33.4 Å². The molecule has 2 aromatic rings. The fraction of sp³-hybridized carbons (Fsp3) is 0.526. The molecule has 2 bridgehead atoms. The summed E-state index contributed by atoms with van der Waals surface area (Å²) in [5.74, 6) is -3.94. The van der Waals surface area contributed by atoms with E-state index < -0.39 is 48.1 Å². The summed E-state index contributed by atoms with van der Waals surface area (Å²) >= 11 is 0. The Labute approximate surface area is 292 Å². The van der Waals surface area contributed by atoms with Crippen LogP contribution in [0.5, 0.6) is 11.5 Å². The molecular weight excluding hydrogens is 646 g/mol. The van der Waals surface area contributed by atoms with Gasteiger partial charge < -0.3 is 49.8 Å². The largest absolute Gasteiger partial charge is 0.504 e. The van der Waals surface area contributed by atoms with Crippen molar-refractivity contribution in [2.45, 2.75) is 82.6 Å². The Hall–Kier alpha value is -3.78. The molecule has 1 aliphatic carbocycles. The van der Waals surface area contributed by atoms with E-state index in [2.05, 4.69) is 25.2 Å². The number of aromatic hydroxyl groups is 1. The number of ether oxygens (including phenoxy) is 4. The minimum Gasteiger partial charge on any atom is -0.504 e. The summed E-state index contributed by atoms with van der Waals surface area (Å²) in [5, 5.41) is 56.3. The Morgan fingerprint density at radius 1 is 1.12 bits per heavy atom. The van der Waals surface area contributed by atoms with Gasteiger partial charge in [-0.1, -0.05) is 44.2 Å². The van der Waals surface area contributed by atoms with Crippen molar-refractivity contribution in [1.82, 2.24) is 5.32 Å². The van der Waals surface area contributed by atoms with E-state index in [1.54, 1.807) is 18.2 Å². The predicted molar refractivity (Wildman–Crippen MR) is 184 cm³/mol. The molecule has 0 amide bonds. The molecule has 2 aromatic carbocycles. The van der Waals surface area contributed by atoms with E-state index in [0.717, 1.165) is 42.0 Å². The molecule has 0 saturated carbocycles. The number of aliphatic hydroxyl groups excluding tert-OH is 3. The minimum absolute atomic E-state index is 0.0411. The average Bonchev–Trinajstić information content (AvgIpc) is 3.08. The van der Waals surface area contributed by atoms with E-state index in [-0.39, 0.29) is 55.7 Å². The van der Waals surface area contributed by atoms with Gasteiger partial charge in [0.25, 0.3) is 0 Å². The van der Waals surface area contributed by atoms with Crippen LogP contribution in [0, 0.1) is 11.8 Å². The zero-order chi connectivity index (χ0) is 36.2. The highest BCUT2D eigenvalue weighted by molar-refractivity contribution is 5.94. The van der Waals surface area contributed by atoms with Crippen LogP contribution in [-0.2, 0) is 30.2 Å². The number of benzene rings is 2. The summed E-state index contributed by atoms with van der Waals surface area (Å²) in [6.07, 6.45) is 0.597. The summed E-state index contributed by atoms with van der Waals surface area (Å²) in [5.41, 5.74) is 4.59. The van der Waals surface area contributed by atoms with Gasteiger partial charge in [-0.25, -0.2) is 4.79 Å². The Balaban J connectivity index is 1.58. The molecule has 2 heterocycles. The van der Waals surface area contributed by atoms with Gasteiger partial charge in [-0.05, 0) is 83.6 Å². The molecule has 6 N–H and O–H groups in total. The van der Waals surface area contributed by atoms with Crippen LogP contribution in [0.4, 0.5) is 0 Å². The minimum atomic E-state index is -2.11. The van der Waals surface area contributed by atoms with Gasteiger partial charge >= 0.3 is 11.9 Å². The lowest BCUT2D eigenvalue weighted by molar-refractivity contribution is -0.355. The Kier molecular flexibility index (Phi) is 12.0. The van der Waals surface area contributed by atoms with Crippen LogP contribution in [0.15, 0.2) is 48.0 Å². The van der Waals surface area contributed by atoms with E-state index >= 15 is 0 Å². The van der Waals surface area contributed by atoms with Gasteiger partial charge in [0.15, 0.2) is 23.7 Å². The monoisotopic (exact) mass is 695 g/mol. The number of fused-ring (bicyclic) bond motifs is 3. The van der Waals surface area contributed by atoms with E-state index in [9.17, 15) is 35.1 Å². The molecule has 7 atom stereocenters. The lowest BCUT2D eigenvalue weighted by Gasteiger charge is -2.51. The number of phenolic OH excluding ortho intramolecular Hbond substituents is 1. The molecule has 12 heteroatoms. The first kappa shape index (κ1) is 37.5.